The van der Waals surface area contributed by atoms with Crippen molar-refractivity contribution in [3.05, 3.63) is 63.8 Å². The molecule has 0 radical (unpaired) electrons. The Morgan fingerprint density at radius 2 is 2.05 bits per heavy atom. The Balaban J connectivity index is 2.21. The van der Waals surface area contributed by atoms with Crippen LogP contribution in [0, 0.1) is 18.3 Å². The van der Waals surface area contributed by atoms with Crippen LogP contribution in [0.25, 0.3) is 0 Å². The highest BCUT2D eigenvalue weighted by molar-refractivity contribution is 5.95. The van der Waals surface area contributed by atoms with E-state index in [1.807, 2.05) is 6.07 Å². The topological polar surface area (TPSA) is 75.8 Å². The molecule has 0 saturated heterocycles. The van der Waals surface area contributed by atoms with Crippen molar-refractivity contribution >= 4 is 5.78 Å². The van der Waals surface area contributed by atoms with Crippen LogP contribution >= 0.6 is 0 Å². The first kappa shape index (κ1) is 12.7. The van der Waals surface area contributed by atoms with Crippen LogP contribution in [0.15, 0.2) is 41.5 Å². The number of Topliss-reactive ketones (excluding diaryl/α,β-unsaturated/α-hetero) is 1. The molecule has 1 aromatic carbocycles. The smallest absolute Gasteiger partial charge is 0.253 e. The van der Waals surface area contributed by atoms with Gasteiger partial charge in [-0.25, -0.2) is 4.98 Å². The van der Waals surface area contributed by atoms with Crippen molar-refractivity contribution in [3.8, 4) is 6.07 Å². The summed E-state index contributed by atoms with van der Waals surface area (Å²) in [5, 5.41) is 8.68. The predicted octanol–water partition coefficient (Wildman–Crippen LogP) is 1.31. The Hall–Kier alpha value is -2.74. The van der Waals surface area contributed by atoms with Crippen LogP contribution in [0.1, 0.15) is 21.6 Å². The van der Waals surface area contributed by atoms with Crippen molar-refractivity contribution < 1.29 is 4.79 Å². The van der Waals surface area contributed by atoms with Gasteiger partial charge in [0.2, 0.25) is 0 Å². The number of nitriles is 1. The zero-order valence-corrected chi connectivity index (χ0v) is 10.3. The van der Waals surface area contributed by atoms with E-state index < -0.39 is 0 Å². The number of hydrogen-bond acceptors (Lipinski definition) is 4. The zero-order valence-electron chi connectivity index (χ0n) is 10.3. The summed E-state index contributed by atoms with van der Waals surface area (Å²) in [6.07, 6.45) is 1.36. The molecule has 1 heterocycles. The van der Waals surface area contributed by atoms with Crippen molar-refractivity contribution in [2.24, 2.45) is 0 Å². The molecule has 5 nitrogen and oxygen atoms in total. The third-order valence-corrected chi connectivity index (χ3v) is 2.67. The van der Waals surface area contributed by atoms with Gasteiger partial charge in [0.05, 0.1) is 24.5 Å². The third kappa shape index (κ3) is 2.93. The summed E-state index contributed by atoms with van der Waals surface area (Å²) in [6.45, 7) is 1.66. The molecule has 0 aliphatic carbocycles. The molecule has 94 valence electrons. The maximum atomic E-state index is 12.0. The van der Waals surface area contributed by atoms with Gasteiger partial charge in [0.1, 0.15) is 0 Å². The first-order chi connectivity index (χ1) is 9.10. The van der Waals surface area contributed by atoms with Gasteiger partial charge in [0, 0.05) is 17.3 Å². The highest BCUT2D eigenvalue weighted by Crippen LogP contribution is 2.05. The molecule has 1 aromatic heterocycles. The van der Waals surface area contributed by atoms with E-state index in [2.05, 4.69) is 4.98 Å². The molecule has 0 unspecified atom stereocenters. The zero-order chi connectivity index (χ0) is 13.8. The number of hydrogen-bond donors (Lipinski definition) is 0. The molecular formula is C14H11N3O2. The summed E-state index contributed by atoms with van der Waals surface area (Å²) >= 11 is 0. The molecule has 0 bridgehead atoms. The fraction of sp³-hybridized carbons (Fsp3) is 0.143. The Bertz CT molecular complexity index is 709. The molecule has 0 spiro atoms. The van der Waals surface area contributed by atoms with Crippen LogP contribution in [0.2, 0.25) is 0 Å². The number of carbonyl (C=O) groups excluding carboxylic acids is 1. The van der Waals surface area contributed by atoms with E-state index in [0.29, 0.717) is 16.8 Å². The Labute approximate surface area is 109 Å². The van der Waals surface area contributed by atoms with E-state index in [1.54, 1.807) is 31.2 Å². The summed E-state index contributed by atoms with van der Waals surface area (Å²) in [6, 6.07) is 9.66. The molecule has 2 rings (SSSR count). The lowest BCUT2D eigenvalue weighted by atomic mass is 10.1. The largest absolute Gasteiger partial charge is 0.292 e. The van der Waals surface area contributed by atoms with Crippen LogP contribution in [0.3, 0.4) is 0 Å². The van der Waals surface area contributed by atoms with Gasteiger partial charge in [-0.2, -0.15) is 5.26 Å². The summed E-state index contributed by atoms with van der Waals surface area (Å²) in [5.74, 6) is -0.197. The molecule has 2 aromatic rings. The molecule has 0 aliphatic rings. The van der Waals surface area contributed by atoms with Crippen LogP contribution in [0.5, 0.6) is 0 Å². The Morgan fingerprint density at radius 3 is 2.63 bits per heavy atom. The first-order valence-electron chi connectivity index (χ1n) is 5.66. The molecule has 0 amide bonds. The normalized spacial score (nSPS) is 9.89. The average molecular weight is 253 g/mol. The predicted molar refractivity (Wildman–Crippen MR) is 68.7 cm³/mol. The minimum Gasteiger partial charge on any atom is -0.292 e. The second-order valence-corrected chi connectivity index (χ2v) is 4.11. The van der Waals surface area contributed by atoms with Crippen LogP contribution in [-0.4, -0.2) is 15.3 Å². The molecule has 0 aliphatic heterocycles. The van der Waals surface area contributed by atoms with Gasteiger partial charge in [0.15, 0.2) is 5.78 Å². The molecule has 19 heavy (non-hydrogen) atoms. The monoisotopic (exact) mass is 253 g/mol. The SMILES string of the molecule is Cc1cc(=O)n(CC(=O)c2ccc(C#N)cc2)cn1. The van der Waals surface area contributed by atoms with E-state index in [4.69, 9.17) is 5.26 Å². The Morgan fingerprint density at radius 1 is 1.37 bits per heavy atom. The summed E-state index contributed by atoms with van der Waals surface area (Å²) in [5.41, 5.74) is 1.32. The van der Waals surface area contributed by atoms with Crippen LogP contribution < -0.4 is 5.56 Å². The number of benzene rings is 1. The lowest BCUT2D eigenvalue weighted by Gasteiger charge is -2.04. The first-order valence-corrected chi connectivity index (χ1v) is 5.66. The van der Waals surface area contributed by atoms with Gasteiger partial charge in [0.25, 0.3) is 5.56 Å². The number of nitrogens with zero attached hydrogens (tertiary/aromatic N) is 3. The van der Waals surface area contributed by atoms with E-state index in [1.165, 1.54) is 17.0 Å². The average Bonchev–Trinajstić information content (AvgIpc) is 2.42. The molecule has 5 heteroatoms. The number of carbonyl (C=O) groups is 1. The van der Waals surface area contributed by atoms with Gasteiger partial charge >= 0.3 is 0 Å². The molecule has 0 atom stereocenters. The van der Waals surface area contributed by atoms with E-state index in [-0.39, 0.29) is 17.9 Å². The fourth-order valence-corrected chi connectivity index (χ4v) is 1.61. The minimum absolute atomic E-state index is 0.0575. The number of aromatic nitrogens is 2. The lowest BCUT2D eigenvalue weighted by Crippen LogP contribution is -2.24. The maximum Gasteiger partial charge on any atom is 0.253 e. The van der Waals surface area contributed by atoms with Gasteiger partial charge in [-0.15, -0.1) is 0 Å². The van der Waals surface area contributed by atoms with Gasteiger partial charge in [-0.3, -0.25) is 14.2 Å². The van der Waals surface area contributed by atoms with Crippen molar-refractivity contribution in [1.82, 2.24) is 9.55 Å². The second kappa shape index (κ2) is 5.27. The number of ketones is 1. The van der Waals surface area contributed by atoms with Crippen molar-refractivity contribution in [2.45, 2.75) is 13.5 Å². The van der Waals surface area contributed by atoms with E-state index in [9.17, 15) is 9.59 Å². The standard InChI is InChI=1S/C14H11N3O2/c1-10-6-14(19)17(9-16-10)8-13(18)12-4-2-11(7-15)3-5-12/h2-6,9H,8H2,1H3. The number of rotatable bonds is 3. The van der Waals surface area contributed by atoms with Crippen LogP contribution in [0.4, 0.5) is 0 Å². The molecule has 0 fully saturated rings. The maximum absolute atomic E-state index is 12.0. The highest BCUT2D eigenvalue weighted by Gasteiger charge is 2.08. The quantitative estimate of drug-likeness (QED) is 0.773. The second-order valence-electron chi connectivity index (χ2n) is 4.11. The van der Waals surface area contributed by atoms with E-state index >= 15 is 0 Å². The van der Waals surface area contributed by atoms with Crippen molar-refractivity contribution in [3.63, 3.8) is 0 Å². The number of aryl methyl sites for hydroxylation is 1. The van der Waals surface area contributed by atoms with Crippen molar-refractivity contribution in [2.75, 3.05) is 0 Å². The van der Waals surface area contributed by atoms with Crippen molar-refractivity contribution in [1.29, 1.82) is 5.26 Å². The lowest BCUT2D eigenvalue weighted by molar-refractivity contribution is 0.0970. The van der Waals surface area contributed by atoms with Crippen LogP contribution in [-0.2, 0) is 6.54 Å². The van der Waals surface area contributed by atoms with Gasteiger partial charge < -0.3 is 0 Å². The summed E-state index contributed by atoms with van der Waals surface area (Å²) < 4.78 is 1.26. The fourth-order valence-electron chi connectivity index (χ4n) is 1.61. The molecule has 0 saturated carbocycles. The van der Waals surface area contributed by atoms with E-state index in [0.717, 1.165) is 0 Å². The highest BCUT2D eigenvalue weighted by atomic mass is 16.1. The summed E-state index contributed by atoms with van der Waals surface area (Å²) in [4.78, 5) is 27.6. The summed E-state index contributed by atoms with van der Waals surface area (Å²) in [7, 11) is 0. The third-order valence-electron chi connectivity index (χ3n) is 2.67. The Kier molecular flexibility index (Phi) is 3.53. The van der Waals surface area contributed by atoms with Gasteiger partial charge in [-0.1, -0.05) is 12.1 Å². The minimum atomic E-state index is -0.255. The van der Waals surface area contributed by atoms with Gasteiger partial charge in [-0.05, 0) is 19.1 Å². The molecular weight excluding hydrogens is 242 g/mol. The molecule has 0 N–H and O–H groups in total.